The lowest BCUT2D eigenvalue weighted by molar-refractivity contribution is 0.161. The number of hydrogen-bond acceptors (Lipinski definition) is 8. The zero-order valence-corrected chi connectivity index (χ0v) is 26.1. The molecule has 4 aromatic rings. The first-order chi connectivity index (χ1) is 22.3. The van der Waals surface area contributed by atoms with Gasteiger partial charge in [0.15, 0.2) is 5.82 Å². The van der Waals surface area contributed by atoms with Crippen LogP contribution in [0.15, 0.2) is 30.3 Å². The molecule has 2 bridgehead atoms. The quantitative estimate of drug-likeness (QED) is 0.248. The van der Waals surface area contributed by atoms with E-state index in [2.05, 4.69) is 26.0 Å². The van der Waals surface area contributed by atoms with Gasteiger partial charge in [0.1, 0.15) is 28.7 Å². The van der Waals surface area contributed by atoms with E-state index >= 15 is 8.78 Å². The summed E-state index contributed by atoms with van der Waals surface area (Å²) >= 11 is 1.98. The third kappa shape index (κ3) is 5.30. The number of aromatic nitrogens is 2. The average molecular weight is 646 g/mol. The van der Waals surface area contributed by atoms with Crippen LogP contribution in [0.4, 0.5) is 19.0 Å². The monoisotopic (exact) mass is 645 g/mol. The van der Waals surface area contributed by atoms with Gasteiger partial charge in [0.05, 0.1) is 17.7 Å². The second kappa shape index (κ2) is 11.5. The first-order valence-electron chi connectivity index (χ1n) is 15.9. The normalized spacial score (nSPS) is 22.3. The Morgan fingerprint density at radius 3 is 2.52 bits per heavy atom. The minimum absolute atomic E-state index is 0.0112. The van der Waals surface area contributed by atoms with Crippen molar-refractivity contribution in [1.29, 1.82) is 0 Å². The van der Waals surface area contributed by atoms with Crippen molar-refractivity contribution >= 4 is 39.3 Å². The minimum Gasteiger partial charge on any atom is -0.508 e. The fraction of sp³-hybridized carbons (Fsp3) is 0.429. The molecular weight excluding hydrogens is 611 g/mol. The van der Waals surface area contributed by atoms with E-state index in [0.29, 0.717) is 30.9 Å². The fourth-order valence-corrected chi connectivity index (χ4v) is 8.40. The molecule has 11 heteroatoms. The Bertz CT molecular complexity index is 1890. The predicted molar refractivity (Wildman–Crippen MR) is 175 cm³/mol. The van der Waals surface area contributed by atoms with E-state index in [4.69, 9.17) is 16.1 Å². The van der Waals surface area contributed by atoms with Crippen molar-refractivity contribution in [2.45, 2.75) is 37.8 Å². The lowest BCUT2D eigenvalue weighted by Gasteiger charge is -2.34. The maximum atomic E-state index is 16.8. The highest BCUT2D eigenvalue weighted by molar-refractivity contribution is 7.99. The van der Waals surface area contributed by atoms with Gasteiger partial charge in [-0.1, -0.05) is 12.0 Å². The summed E-state index contributed by atoms with van der Waals surface area (Å²) in [6, 6.07) is 6.99. The van der Waals surface area contributed by atoms with Gasteiger partial charge in [-0.15, -0.1) is 6.42 Å². The van der Waals surface area contributed by atoms with Gasteiger partial charge in [-0.05, 0) is 55.3 Å². The Hall–Kier alpha value is -3.72. The highest BCUT2D eigenvalue weighted by Gasteiger charge is 2.45. The van der Waals surface area contributed by atoms with Gasteiger partial charge in [0.25, 0.3) is 0 Å². The number of aromatic hydroxyl groups is 1. The second-order valence-corrected chi connectivity index (χ2v) is 14.4. The molecule has 0 amide bonds. The number of ether oxygens (including phenoxy) is 1. The molecule has 1 aliphatic carbocycles. The number of rotatable bonds is 7. The average Bonchev–Trinajstić information content (AvgIpc) is 3.73. The van der Waals surface area contributed by atoms with Gasteiger partial charge >= 0.3 is 6.01 Å². The number of fused-ring (bicyclic) bond motifs is 4. The molecule has 0 radical (unpaired) electrons. The Balaban J connectivity index is 1.25. The Labute approximate surface area is 269 Å². The number of phenols is 1. The van der Waals surface area contributed by atoms with Gasteiger partial charge < -0.3 is 25.0 Å². The van der Waals surface area contributed by atoms with Gasteiger partial charge in [0.2, 0.25) is 0 Å². The molecule has 1 aromatic heterocycles. The van der Waals surface area contributed by atoms with Crippen LogP contribution in [-0.2, 0) is 0 Å². The molecule has 4 fully saturated rings. The maximum Gasteiger partial charge on any atom is 0.319 e. The molecule has 3 saturated heterocycles. The Kier molecular flexibility index (Phi) is 7.42. The van der Waals surface area contributed by atoms with Crippen LogP contribution >= 0.6 is 11.8 Å². The number of nitrogens with zero attached hydrogens (tertiary/aromatic N) is 4. The molecule has 238 valence electrons. The molecule has 7 nitrogen and oxygen atoms in total. The van der Waals surface area contributed by atoms with E-state index in [1.807, 2.05) is 11.8 Å². The van der Waals surface area contributed by atoms with Crippen molar-refractivity contribution in [3.63, 3.8) is 0 Å². The fourth-order valence-electron chi connectivity index (χ4n) is 7.42. The van der Waals surface area contributed by atoms with Crippen LogP contribution in [0.5, 0.6) is 11.8 Å². The smallest absolute Gasteiger partial charge is 0.319 e. The molecule has 3 aliphatic heterocycles. The van der Waals surface area contributed by atoms with Crippen LogP contribution in [0.2, 0.25) is 0 Å². The van der Waals surface area contributed by atoms with Gasteiger partial charge in [-0.25, -0.2) is 13.2 Å². The summed E-state index contributed by atoms with van der Waals surface area (Å²) in [7, 11) is 0. The number of piperazine rings is 1. The zero-order chi connectivity index (χ0) is 31.6. The molecule has 1 saturated carbocycles. The standard InChI is InChI=1S/C35H34F3N5O2S/c1-2-24-27(36)6-3-20-13-23(44)14-25(29(20)24)30-28(37)15-26-32(31(30)38)40-34(41-33(26)43-16-21-4-5-22(17-43)39-21)45-19-35(7-8-35)18-42-9-11-46-12-10-42/h1,3,6,13-15,21-22,39,44H,4-5,7-12,16-19H2. The molecule has 46 heavy (non-hydrogen) atoms. The number of halogens is 3. The van der Waals surface area contributed by atoms with E-state index in [9.17, 15) is 9.50 Å². The topological polar surface area (TPSA) is 73.8 Å². The van der Waals surface area contributed by atoms with Crippen LogP contribution in [0.3, 0.4) is 0 Å². The van der Waals surface area contributed by atoms with Crippen molar-refractivity contribution in [1.82, 2.24) is 20.2 Å². The number of anilines is 1. The van der Waals surface area contributed by atoms with Crippen LogP contribution in [-0.4, -0.2) is 82.9 Å². The van der Waals surface area contributed by atoms with Crippen LogP contribution in [0.25, 0.3) is 32.8 Å². The molecule has 4 aliphatic rings. The summed E-state index contributed by atoms with van der Waals surface area (Å²) in [6.45, 7) is 4.76. The van der Waals surface area contributed by atoms with Gasteiger partial charge in [0, 0.05) is 78.1 Å². The number of nitrogens with one attached hydrogen (secondary N) is 1. The van der Waals surface area contributed by atoms with Crippen molar-refractivity contribution < 1.29 is 23.0 Å². The third-order valence-corrected chi connectivity index (χ3v) is 10.9. The van der Waals surface area contributed by atoms with Crippen molar-refractivity contribution in [3.8, 4) is 35.2 Å². The van der Waals surface area contributed by atoms with E-state index in [0.717, 1.165) is 56.8 Å². The molecule has 3 aromatic carbocycles. The molecular formula is C35H34F3N5O2S. The largest absolute Gasteiger partial charge is 0.508 e. The number of phenolic OH excluding ortho intramolecular Hbond substituents is 1. The Morgan fingerprint density at radius 2 is 1.80 bits per heavy atom. The van der Waals surface area contributed by atoms with Gasteiger partial charge in [-0.3, -0.25) is 0 Å². The van der Waals surface area contributed by atoms with E-state index in [1.165, 1.54) is 30.3 Å². The lowest BCUT2D eigenvalue weighted by atomic mass is 9.92. The zero-order valence-electron chi connectivity index (χ0n) is 25.3. The first-order valence-corrected chi connectivity index (χ1v) is 17.0. The number of hydrogen-bond donors (Lipinski definition) is 2. The number of benzene rings is 3. The third-order valence-electron chi connectivity index (χ3n) is 9.95. The SMILES string of the molecule is C#Cc1c(F)ccc2cc(O)cc(-c3c(F)cc4c(N5CC6CCC(C5)N6)nc(OCC5(CN6CCSCC6)CC5)nc4c3F)c12. The highest BCUT2D eigenvalue weighted by atomic mass is 32.2. The van der Waals surface area contributed by atoms with Gasteiger partial charge in [-0.2, -0.15) is 21.7 Å². The summed E-state index contributed by atoms with van der Waals surface area (Å²) in [5.41, 5.74) is -0.739. The van der Waals surface area contributed by atoms with E-state index in [-0.39, 0.29) is 56.7 Å². The summed E-state index contributed by atoms with van der Waals surface area (Å²) in [5, 5.41) is 14.8. The molecule has 4 heterocycles. The molecule has 8 rings (SSSR count). The van der Waals surface area contributed by atoms with Crippen molar-refractivity contribution in [2.24, 2.45) is 5.41 Å². The lowest BCUT2D eigenvalue weighted by Crippen LogP contribution is -2.51. The predicted octanol–water partition coefficient (Wildman–Crippen LogP) is 5.70. The molecule has 2 N–H and O–H groups in total. The van der Waals surface area contributed by atoms with Crippen molar-refractivity contribution in [2.75, 3.05) is 55.7 Å². The van der Waals surface area contributed by atoms with Crippen LogP contribution < -0.4 is 15.0 Å². The van der Waals surface area contributed by atoms with E-state index in [1.54, 1.807) is 0 Å². The molecule has 2 unspecified atom stereocenters. The summed E-state index contributed by atoms with van der Waals surface area (Å²) in [6.07, 6.45) is 9.79. The molecule has 0 spiro atoms. The van der Waals surface area contributed by atoms with Crippen LogP contribution in [0, 0.1) is 35.2 Å². The second-order valence-electron chi connectivity index (χ2n) is 13.2. The summed E-state index contributed by atoms with van der Waals surface area (Å²) in [4.78, 5) is 13.9. The summed E-state index contributed by atoms with van der Waals surface area (Å²) in [5.74, 6) is 2.23. The van der Waals surface area contributed by atoms with Crippen LogP contribution in [0.1, 0.15) is 31.2 Å². The number of thioether (sulfide) groups is 1. The Morgan fingerprint density at radius 1 is 1.04 bits per heavy atom. The van der Waals surface area contributed by atoms with Crippen molar-refractivity contribution in [3.05, 3.63) is 53.3 Å². The number of terminal acetylenes is 1. The first kappa shape index (κ1) is 29.7. The molecule has 2 atom stereocenters. The van der Waals surface area contributed by atoms with E-state index < -0.39 is 23.0 Å². The highest BCUT2D eigenvalue weighted by Crippen LogP contribution is 2.47. The minimum atomic E-state index is -0.951. The summed E-state index contributed by atoms with van der Waals surface area (Å²) < 4.78 is 54.2. The maximum absolute atomic E-state index is 16.8.